The molecule has 0 saturated carbocycles. The molecule has 13 heavy (non-hydrogen) atoms. The smallest absolute Gasteiger partial charge is 0.224 e. The van der Waals surface area contributed by atoms with Crippen LogP contribution in [0.25, 0.3) is 0 Å². The first-order chi connectivity index (χ1) is 6.20. The lowest BCUT2D eigenvalue weighted by Crippen LogP contribution is -2.14. The molecule has 74 valence electrons. The van der Waals surface area contributed by atoms with Gasteiger partial charge in [-0.3, -0.25) is 4.57 Å². The first-order valence-corrected chi connectivity index (χ1v) is 4.63. The van der Waals surface area contributed by atoms with Crippen molar-refractivity contribution >= 4 is 5.95 Å². The minimum Gasteiger partial charge on any atom is -0.355 e. The van der Waals surface area contributed by atoms with Crippen LogP contribution in [0.5, 0.6) is 0 Å². The third-order valence-electron chi connectivity index (χ3n) is 1.84. The zero-order chi connectivity index (χ0) is 9.84. The molecule has 1 rings (SSSR count). The van der Waals surface area contributed by atoms with Crippen LogP contribution in [-0.4, -0.2) is 21.3 Å². The summed E-state index contributed by atoms with van der Waals surface area (Å²) in [7, 11) is 0. The summed E-state index contributed by atoms with van der Waals surface area (Å²) in [5, 5.41) is 11.2. The fourth-order valence-electron chi connectivity index (χ4n) is 1.25. The van der Waals surface area contributed by atoms with Gasteiger partial charge < -0.3 is 11.1 Å². The highest BCUT2D eigenvalue weighted by atomic mass is 15.4. The summed E-state index contributed by atoms with van der Waals surface area (Å²) in [5.74, 6) is 1.63. The number of anilines is 1. The molecule has 0 aromatic carbocycles. The van der Waals surface area contributed by atoms with E-state index in [0.717, 1.165) is 24.9 Å². The maximum atomic E-state index is 5.75. The summed E-state index contributed by atoms with van der Waals surface area (Å²) < 4.78 is 1.99. The Balaban J connectivity index is 2.96. The van der Waals surface area contributed by atoms with Crippen LogP contribution in [0.15, 0.2) is 0 Å². The summed E-state index contributed by atoms with van der Waals surface area (Å²) in [4.78, 5) is 0. The van der Waals surface area contributed by atoms with Gasteiger partial charge in [0.1, 0.15) is 0 Å². The standard InChI is InChI=1S/C8H17N5/c1-4-10-8-12-11-7(6(3)9)13(8)5-2/h6H,4-5,9H2,1-3H3,(H,10,12)/t6-/m0/s1. The number of nitrogens with two attached hydrogens (primary N) is 1. The highest BCUT2D eigenvalue weighted by Gasteiger charge is 2.12. The molecule has 0 bridgehead atoms. The van der Waals surface area contributed by atoms with Crippen LogP contribution < -0.4 is 11.1 Å². The fourth-order valence-corrected chi connectivity index (χ4v) is 1.25. The van der Waals surface area contributed by atoms with E-state index in [0.29, 0.717) is 0 Å². The quantitative estimate of drug-likeness (QED) is 0.722. The van der Waals surface area contributed by atoms with E-state index in [1.807, 2.05) is 18.4 Å². The van der Waals surface area contributed by atoms with Crippen molar-refractivity contribution in [3.63, 3.8) is 0 Å². The van der Waals surface area contributed by atoms with Crippen LogP contribution in [-0.2, 0) is 6.54 Å². The lowest BCUT2D eigenvalue weighted by Gasteiger charge is -2.09. The van der Waals surface area contributed by atoms with Gasteiger partial charge in [-0.15, -0.1) is 10.2 Å². The summed E-state index contributed by atoms with van der Waals surface area (Å²) >= 11 is 0. The Labute approximate surface area is 78.3 Å². The van der Waals surface area contributed by atoms with E-state index >= 15 is 0 Å². The van der Waals surface area contributed by atoms with Gasteiger partial charge in [-0.05, 0) is 20.8 Å². The van der Waals surface area contributed by atoms with Gasteiger partial charge in [0.2, 0.25) is 5.95 Å². The fraction of sp³-hybridized carbons (Fsp3) is 0.750. The predicted molar refractivity (Wildman–Crippen MR) is 52.5 cm³/mol. The van der Waals surface area contributed by atoms with E-state index in [1.54, 1.807) is 0 Å². The Kier molecular flexibility index (Phi) is 3.25. The maximum absolute atomic E-state index is 5.75. The molecular formula is C8H17N5. The topological polar surface area (TPSA) is 68.8 Å². The van der Waals surface area contributed by atoms with Gasteiger partial charge in [-0.25, -0.2) is 0 Å². The van der Waals surface area contributed by atoms with Crippen LogP contribution in [0.1, 0.15) is 32.6 Å². The third-order valence-corrected chi connectivity index (χ3v) is 1.84. The second kappa shape index (κ2) is 4.23. The SMILES string of the molecule is CCNc1nnc([C@H](C)N)n1CC. The second-order valence-electron chi connectivity index (χ2n) is 2.95. The van der Waals surface area contributed by atoms with Crippen molar-refractivity contribution < 1.29 is 0 Å². The van der Waals surface area contributed by atoms with Crippen molar-refractivity contribution in [2.75, 3.05) is 11.9 Å². The van der Waals surface area contributed by atoms with Gasteiger partial charge in [0.05, 0.1) is 6.04 Å². The zero-order valence-corrected chi connectivity index (χ0v) is 8.41. The molecular weight excluding hydrogens is 166 g/mol. The van der Waals surface area contributed by atoms with E-state index < -0.39 is 0 Å². The molecule has 3 N–H and O–H groups in total. The minimum absolute atomic E-state index is 0.0696. The molecule has 0 aliphatic rings. The molecule has 0 aliphatic carbocycles. The summed E-state index contributed by atoms with van der Waals surface area (Å²) in [5.41, 5.74) is 5.75. The molecule has 0 radical (unpaired) electrons. The van der Waals surface area contributed by atoms with E-state index in [9.17, 15) is 0 Å². The number of nitrogens with zero attached hydrogens (tertiary/aromatic N) is 3. The molecule has 0 spiro atoms. The average Bonchev–Trinajstić information content (AvgIpc) is 2.48. The van der Waals surface area contributed by atoms with Crippen LogP contribution >= 0.6 is 0 Å². The molecule has 1 aromatic heterocycles. The van der Waals surface area contributed by atoms with Crippen molar-refractivity contribution in [2.45, 2.75) is 33.4 Å². The number of nitrogens with one attached hydrogen (secondary N) is 1. The number of hydrogen-bond acceptors (Lipinski definition) is 4. The monoisotopic (exact) mass is 183 g/mol. The van der Waals surface area contributed by atoms with E-state index in [1.165, 1.54) is 0 Å². The molecule has 1 aromatic rings. The largest absolute Gasteiger partial charge is 0.355 e. The maximum Gasteiger partial charge on any atom is 0.224 e. The van der Waals surface area contributed by atoms with E-state index in [2.05, 4.69) is 22.4 Å². The van der Waals surface area contributed by atoms with Crippen LogP contribution in [0.3, 0.4) is 0 Å². The molecule has 1 atom stereocenters. The Morgan fingerprint density at radius 1 is 1.46 bits per heavy atom. The normalized spacial score (nSPS) is 12.9. The minimum atomic E-state index is -0.0696. The number of rotatable bonds is 4. The Morgan fingerprint density at radius 3 is 2.62 bits per heavy atom. The predicted octanol–water partition coefficient (Wildman–Crippen LogP) is 0.749. The first kappa shape index (κ1) is 9.98. The molecule has 5 heteroatoms. The summed E-state index contributed by atoms with van der Waals surface area (Å²) in [6.45, 7) is 7.67. The van der Waals surface area contributed by atoms with Gasteiger partial charge in [-0.2, -0.15) is 0 Å². The van der Waals surface area contributed by atoms with Crippen LogP contribution in [0, 0.1) is 0 Å². The third kappa shape index (κ3) is 1.98. The van der Waals surface area contributed by atoms with Gasteiger partial charge in [0, 0.05) is 13.1 Å². The first-order valence-electron chi connectivity index (χ1n) is 4.63. The van der Waals surface area contributed by atoms with Gasteiger partial charge in [0.25, 0.3) is 0 Å². The molecule has 0 saturated heterocycles. The highest BCUT2D eigenvalue weighted by molar-refractivity contribution is 5.26. The van der Waals surface area contributed by atoms with Gasteiger partial charge >= 0.3 is 0 Å². The molecule has 0 unspecified atom stereocenters. The Morgan fingerprint density at radius 2 is 2.15 bits per heavy atom. The molecule has 0 fully saturated rings. The lowest BCUT2D eigenvalue weighted by molar-refractivity contribution is 0.639. The summed E-state index contributed by atoms with van der Waals surface area (Å²) in [6.07, 6.45) is 0. The highest BCUT2D eigenvalue weighted by Crippen LogP contribution is 2.12. The van der Waals surface area contributed by atoms with Gasteiger partial charge in [-0.1, -0.05) is 0 Å². The van der Waals surface area contributed by atoms with Crippen LogP contribution in [0.2, 0.25) is 0 Å². The molecule has 1 heterocycles. The van der Waals surface area contributed by atoms with Crippen LogP contribution in [0.4, 0.5) is 5.95 Å². The van der Waals surface area contributed by atoms with Crippen molar-refractivity contribution in [1.82, 2.24) is 14.8 Å². The number of aromatic nitrogens is 3. The van der Waals surface area contributed by atoms with Gasteiger partial charge in [0.15, 0.2) is 5.82 Å². The molecule has 0 aliphatic heterocycles. The Bertz CT molecular complexity index is 265. The zero-order valence-electron chi connectivity index (χ0n) is 8.41. The molecule has 5 nitrogen and oxygen atoms in total. The number of hydrogen-bond donors (Lipinski definition) is 2. The van der Waals surface area contributed by atoms with E-state index in [-0.39, 0.29) is 6.04 Å². The molecule has 0 amide bonds. The van der Waals surface area contributed by atoms with E-state index in [4.69, 9.17) is 5.73 Å². The van der Waals surface area contributed by atoms with Crippen molar-refractivity contribution in [2.24, 2.45) is 5.73 Å². The summed E-state index contributed by atoms with van der Waals surface area (Å²) in [6, 6.07) is -0.0696. The van der Waals surface area contributed by atoms with Crippen molar-refractivity contribution in [3.05, 3.63) is 5.82 Å². The van der Waals surface area contributed by atoms with Crippen molar-refractivity contribution in [1.29, 1.82) is 0 Å². The van der Waals surface area contributed by atoms with Crippen molar-refractivity contribution in [3.8, 4) is 0 Å². The second-order valence-corrected chi connectivity index (χ2v) is 2.95. The lowest BCUT2D eigenvalue weighted by atomic mass is 10.3. The Hall–Kier alpha value is -1.10. The average molecular weight is 183 g/mol.